The number of allylic oxidation sites excluding steroid dienone is 2. The predicted molar refractivity (Wildman–Crippen MR) is 72.0 cm³/mol. The lowest BCUT2D eigenvalue weighted by molar-refractivity contribution is -0.0602. The van der Waals surface area contributed by atoms with Crippen molar-refractivity contribution < 1.29 is 26.8 Å². The predicted octanol–water partition coefficient (Wildman–Crippen LogP) is 3.31. The van der Waals surface area contributed by atoms with Gasteiger partial charge < -0.3 is 9.05 Å². The highest BCUT2D eigenvalue weighted by Crippen LogP contribution is 2.58. The van der Waals surface area contributed by atoms with E-state index in [1.165, 1.54) is 12.3 Å². The van der Waals surface area contributed by atoms with Crippen LogP contribution in [0.25, 0.3) is 0 Å². The standard InChI is InChI=1S/C12H16F3N2O3P/c1-3-19-21(18,20-4-2)10-9-7-5-6-8-17(9)16-11(10)12(13,14)15/h5-10H,3-4H2,1-2H3. The Morgan fingerprint density at radius 2 is 1.90 bits per heavy atom. The average molecular weight is 324 g/mol. The summed E-state index contributed by atoms with van der Waals surface area (Å²) in [5.74, 6) is 0. The maximum absolute atomic E-state index is 13.2. The summed E-state index contributed by atoms with van der Waals surface area (Å²) in [5, 5.41) is 4.69. The molecule has 0 aromatic heterocycles. The molecule has 2 rings (SSSR count). The number of hydrazone groups is 1. The van der Waals surface area contributed by atoms with E-state index in [9.17, 15) is 17.7 Å². The van der Waals surface area contributed by atoms with Gasteiger partial charge in [0.25, 0.3) is 0 Å². The van der Waals surface area contributed by atoms with Gasteiger partial charge in [-0.15, -0.1) is 0 Å². The molecule has 118 valence electrons. The first-order valence-corrected chi connectivity index (χ1v) is 8.12. The third-order valence-corrected chi connectivity index (χ3v) is 5.51. The van der Waals surface area contributed by atoms with Crippen LogP contribution in [-0.4, -0.2) is 41.8 Å². The molecule has 0 saturated carbocycles. The third kappa shape index (κ3) is 3.07. The van der Waals surface area contributed by atoms with E-state index in [1.54, 1.807) is 26.0 Å². The van der Waals surface area contributed by atoms with Gasteiger partial charge in [-0.2, -0.15) is 18.3 Å². The summed E-state index contributed by atoms with van der Waals surface area (Å²) in [6.07, 6.45) is 1.36. The molecule has 21 heavy (non-hydrogen) atoms. The fourth-order valence-electron chi connectivity index (χ4n) is 2.32. The van der Waals surface area contributed by atoms with Crippen LogP contribution < -0.4 is 0 Å². The smallest absolute Gasteiger partial charge is 0.308 e. The van der Waals surface area contributed by atoms with Crippen molar-refractivity contribution in [1.82, 2.24) is 5.01 Å². The Balaban J connectivity index is 2.46. The zero-order valence-corrected chi connectivity index (χ0v) is 12.5. The maximum atomic E-state index is 13.2. The molecule has 9 heteroatoms. The van der Waals surface area contributed by atoms with Crippen LogP contribution in [-0.2, 0) is 13.6 Å². The molecule has 0 radical (unpaired) electrons. The highest BCUT2D eigenvalue weighted by molar-refractivity contribution is 7.56. The molecule has 2 aliphatic rings. The first kappa shape index (κ1) is 16.3. The molecule has 0 bridgehead atoms. The highest BCUT2D eigenvalue weighted by Gasteiger charge is 2.58. The Bertz CT molecular complexity index is 520. The molecule has 2 aliphatic heterocycles. The molecule has 0 saturated heterocycles. The van der Waals surface area contributed by atoms with Gasteiger partial charge in [-0.25, -0.2) is 0 Å². The first-order valence-electron chi connectivity index (χ1n) is 6.51. The summed E-state index contributed by atoms with van der Waals surface area (Å²) >= 11 is 0. The van der Waals surface area contributed by atoms with Crippen LogP contribution in [0.3, 0.4) is 0 Å². The molecule has 0 aromatic rings. The molecular formula is C12H16F3N2O3P. The Hall–Kier alpha value is -1.11. The van der Waals surface area contributed by atoms with Crippen molar-refractivity contribution in [3.05, 3.63) is 24.4 Å². The largest absolute Gasteiger partial charge is 0.432 e. The molecule has 2 atom stereocenters. The van der Waals surface area contributed by atoms with E-state index >= 15 is 0 Å². The van der Waals surface area contributed by atoms with Crippen molar-refractivity contribution in [2.75, 3.05) is 13.2 Å². The van der Waals surface area contributed by atoms with Gasteiger partial charge in [0.1, 0.15) is 5.66 Å². The molecule has 0 N–H and O–H groups in total. The van der Waals surface area contributed by atoms with Crippen molar-refractivity contribution in [3.63, 3.8) is 0 Å². The lowest BCUT2D eigenvalue weighted by Gasteiger charge is -2.30. The summed E-state index contributed by atoms with van der Waals surface area (Å²) in [6.45, 7) is 3.09. The van der Waals surface area contributed by atoms with Gasteiger partial charge >= 0.3 is 13.8 Å². The van der Waals surface area contributed by atoms with Crippen LogP contribution in [0.15, 0.2) is 29.5 Å². The van der Waals surface area contributed by atoms with Gasteiger partial charge in [-0.3, -0.25) is 9.57 Å². The van der Waals surface area contributed by atoms with Gasteiger partial charge in [0.2, 0.25) is 0 Å². The van der Waals surface area contributed by atoms with E-state index in [0.717, 1.165) is 5.01 Å². The van der Waals surface area contributed by atoms with E-state index < -0.39 is 31.2 Å². The van der Waals surface area contributed by atoms with Crippen LogP contribution in [0.1, 0.15) is 13.8 Å². The number of alkyl halides is 3. The number of rotatable bonds is 5. The fraction of sp³-hybridized carbons (Fsp3) is 0.583. The van der Waals surface area contributed by atoms with Crippen LogP contribution in [0, 0.1) is 0 Å². The monoisotopic (exact) mass is 324 g/mol. The van der Waals surface area contributed by atoms with Crippen LogP contribution in [0.5, 0.6) is 0 Å². The fourth-order valence-corrected chi connectivity index (χ4v) is 4.54. The molecule has 0 aliphatic carbocycles. The minimum absolute atomic E-state index is 0.00874. The number of halogens is 3. The second-order valence-electron chi connectivity index (χ2n) is 4.40. The summed E-state index contributed by atoms with van der Waals surface area (Å²) in [6, 6.07) is -0.824. The Morgan fingerprint density at radius 1 is 1.29 bits per heavy atom. The molecule has 0 amide bonds. The van der Waals surface area contributed by atoms with Crippen LogP contribution >= 0.6 is 7.60 Å². The molecular weight excluding hydrogens is 308 g/mol. The lowest BCUT2D eigenvalue weighted by atomic mass is 10.1. The lowest BCUT2D eigenvalue weighted by Crippen LogP contribution is -2.40. The average Bonchev–Trinajstić information content (AvgIpc) is 2.79. The van der Waals surface area contributed by atoms with Gasteiger partial charge in [0, 0.05) is 6.20 Å². The summed E-state index contributed by atoms with van der Waals surface area (Å²) in [7, 11) is -3.99. The highest BCUT2D eigenvalue weighted by atomic mass is 31.2. The van der Waals surface area contributed by atoms with Crippen LogP contribution in [0.4, 0.5) is 13.2 Å². The second-order valence-corrected chi connectivity index (χ2v) is 6.55. The zero-order chi connectivity index (χ0) is 15.7. The van der Waals surface area contributed by atoms with Crippen molar-refractivity contribution in [2.24, 2.45) is 5.10 Å². The quantitative estimate of drug-likeness (QED) is 0.728. The first-order chi connectivity index (χ1) is 9.83. The Kier molecular flexibility index (Phi) is 4.60. The van der Waals surface area contributed by atoms with Crippen molar-refractivity contribution in [2.45, 2.75) is 31.7 Å². The van der Waals surface area contributed by atoms with Gasteiger partial charge in [0.15, 0.2) is 5.71 Å². The number of hydrogen-bond donors (Lipinski definition) is 0. The summed E-state index contributed by atoms with van der Waals surface area (Å²) < 4.78 is 62.7. The topological polar surface area (TPSA) is 51.1 Å². The summed E-state index contributed by atoms with van der Waals surface area (Å²) in [5.41, 5.74) is -2.62. The van der Waals surface area contributed by atoms with Gasteiger partial charge in [0.05, 0.1) is 19.3 Å². The molecule has 0 spiro atoms. The summed E-state index contributed by atoms with van der Waals surface area (Å²) in [4.78, 5) is 0. The molecule has 2 heterocycles. The van der Waals surface area contributed by atoms with Crippen molar-refractivity contribution in [3.8, 4) is 0 Å². The number of fused-ring (bicyclic) bond motifs is 1. The molecule has 5 nitrogen and oxygen atoms in total. The Labute approximate surface area is 120 Å². The van der Waals surface area contributed by atoms with E-state index in [1.807, 2.05) is 0 Å². The molecule has 0 fully saturated rings. The Morgan fingerprint density at radius 3 is 2.43 bits per heavy atom. The number of hydrogen-bond acceptors (Lipinski definition) is 5. The van der Waals surface area contributed by atoms with Crippen LogP contribution in [0.2, 0.25) is 0 Å². The normalized spacial score (nSPS) is 25.2. The van der Waals surface area contributed by atoms with E-state index in [4.69, 9.17) is 9.05 Å². The number of nitrogens with zero attached hydrogens (tertiary/aromatic N) is 2. The third-order valence-electron chi connectivity index (χ3n) is 3.04. The van der Waals surface area contributed by atoms with E-state index in [-0.39, 0.29) is 13.2 Å². The zero-order valence-electron chi connectivity index (χ0n) is 11.6. The minimum atomic E-state index is -4.70. The van der Waals surface area contributed by atoms with E-state index in [0.29, 0.717) is 0 Å². The van der Waals surface area contributed by atoms with Gasteiger partial charge in [-0.05, 0) is 19.9 Å². The molecule has 2 unspecified atom stereocenters. The minimum Gasteiger partial charge on any atom is -0.308 e. The maximum Gasteiger partial charge on any atom is 0.432 e. The van der Waals surface area contributed by atoms with Gasteiger partial charge in [-0.1, -0.05) is 12.2 Å². The second kappa shape index (κ2) is 5.94. The van der Waals surface area contributed by atoms with E-state index in [2.05, 4.69) is 5.10 Å². The molecule has 0 aromatic carbocycles. The van der Waals surface area contributed by atoms with Crippen molar-refractivity contribution in [1.29, 1.82) is 0 Å². The SMILES string of the molecule is CCOP(=O)(OCC)C1C(C(F)(F)F)=NN2C=CC=CC12. The van der Waals surface area contributed by atoms with Crippen molar-refractivity contribution >= 4 is 13.3 Å².